The number of thiocarbonyl (C=S) groups is 1. The molecule has 0 aromatic heterocycles. The average Bonchev–Trinajstić information content (AvgIpc) is 3.18. The molecule has 28 heavy (non-hydrogen) atoms. The maximum atomic E-state index is 11.2. The molecule has 0 aromatic carbocycles. The summed E-state index contributed by atoms with van der Waals surface area (Å²) in [4.78, 5) is 24.0. The summed E-state index contributed by atoms with van der Waals surface area (Å²) in [7, 11) is 2.66. The van der Waals surface area contributed by atoms with E-state index in [1.54, 1.807) is 14.0 Å². The minimum atomic E-state index is -2.81. The van der Waals surface area contributed by atoms with Gasteiger partial charge >= 0.3 is 11.9 Å². The maximum absolute atomic E-state index is 11.2. The summed E-state index contributed by atoms with van der Waals surface area (Å²) in [6.45, 7) is 5.47. The molecule has 1 amide bonds. The van der Waals surface area contributed by atoms with Crippen LogP contribution in [0.2, 0.25) is 0 Å². The largest absolute Gasteiger partial charge is 0.405 e. The fourth-order valence-electron chi connectivity index (χ4n) is 2.05. The first-order valence-electron chi connectivity index (χ1n) is 8.76. The van der Waals surface area contributed by atoms with Crippen LogP contribution in [0.5, 0.6) is 0 Å². The normalized spacial score (nSPS) is 18.7. The van der Waals surface area contributed by atoms with Crippen LogP contribution in [0, 0.1) is 0 Å². The Balaban J connectivity index is 0. The zero-order valence-corrected chi connectivity index (χ0v) is 17.9. The lowest BCUT2D eigenvalue weighted by atomic mass is 10.2. The number of nitrogens with one attached hydrogen (secondary N) is 1. The number of carbonyl (C=O) groups excluding carboxylic acids is 2. The number of ether oxygens (including phenoxy) is 2. The molecule has 1 aliphatic rings. The molecule has 164 valence electrons. The van der Waals surface area contributed by atoms with Crippen LogP contribution in [0.1, 0.15) is 40.0 Å². The summed E-state index contributed by atoms with van der Waals surface area (Å²) in [5, 5.41) is 29.3. The third kappa shape index (κ3) is 10.1. The fraction of sp³-hybridized carbons (Fsp3) is 0.706. The lowest BCUT2D eigenvalue weighted by Crippen LogP contribution is -2.48. The van der Waals surface area contributed by atoms with E-state index in [0.717, 1.165) is 7.11 Å². The number of hydrogen-bond donors (Lipinski definition) is 5. The van der Waals surface area contributed by atoms with Gasteiger partial charge in [0.15, 0.2) is 6.10 Å². The van der Waals surface area contributed by atoms with Crippen LogP contribution in [0.15, 0.2) is 11.8 Å². The van der Waals surface area contributed by atoms with E-state index in [0.29, 0.717) is 23.4 Å². The Kier molecular flexibility index (Phi) is 15.6. The highest BCUT2D eigenvalue weighted by atomic mass is 32.1. The zero-order valence-electron chi connectivity index (χ0n) is 17.0. The minimum absolute atomic E-state index is 0.170. The van der Waals surface area contributed by atoms with E-state index in [4.69, 9.17) is 27.8 Å². The number of aliphatic hydroxyl groups excluding tert-OH is 1. The summed E-state index contributed by atoms with van der Waals surface area (Å²) >= 11 is 5.05. The molecule has 0 saturated carbocycles. The summed E-state index contributed by atoms with van der Waals surface area (Å²) in [5.41, 5.74) is 5.69. The van der Waals surface area contributed by atoms with Crippen molar-refractivity contribution in [2.45, 2.75) is 58.3 Å². The van der Waals surface area contributed by atoms with E-state index in [9.17, 15) is 19.8 Å². The number of amides is 1. The number of rotatable bonds is 7. The Bertz CT molecular complexity index is 515. The van der Waals surface area contributed by atoms with Crippen LogP contribution < -0.4 is 11.1 Å². The number of esters is 1. The molecule has 0 bridgehead atoms. The standard InChI is InChI=1S/C13H21N3O6S.C3H8.CH4O/c1-8(12(23)15-2)6-16(7-17)10-4-3-9(21-10)13(19,20)22-11(18)5-14;1-3-2;1-2/h6-7,9-10,19-20H,3-5,14H2,1-2H3,(H,15,23);3H2,1-2H3;2H,1H3/b8-6-;;. The lowest BCUT2D eigenvalue weighted by molar-refractivity contribution is -0.362. The Morgan fingerprint density at radius 1 is 1.39 bits per heavy atom. The van der Waals surface area contributed by atoms with Crippen molar-refractivity contribution in [2.24, 2.45) is 5.73 Å². The van der Waals surface area contributed by atoms with Crippen molar-refractivity contribution < 1.29 is 34.4 Å². The van der Waals surface area contributed by atoms with Crippen molar-refractivity contribution in [3.05, 3.63) is 11.8 Å². The van der Waals surface area contributed by atoms with Gasteiger partial charge in [-0.1, -0.05) is 32.5 Å². The predicted molar refractivity (Wildman–Crippen MR) is 108 cm³/mol. The van der Waals surface area contributed by atoms with E-state index < -0.39 is 30.8 Å². The van der Waals surface area contributed by atoms with Crippen molar-refractivity contribution >= 4 is 29.6 Å². The highest BCUT2D eigenvalue weighted by Gasteiger charge is 2.45. The van der Waals surface area contributed by atoms with Crippen LogP contribution in [0.4, 0.5) is 0 Å². The highest BCUT2D eigenvalue weighted by molar-refractivity contribution is 7.80. The number of carbonyl (C=O) groups is 2. The van der Waals surface area contributed by atoms with Crippen LogP contribution in [0.3, 0.4) is 0 Å². The predicted octanol–water partition coefficient (Wildman–Crippen LogP) is -0.434. The van der Waals surface area contributed by atoms with Crippen molar-refractivity contribution in [2.75, 3.05) is 20.7 Å². The van der Waals surface area contributed by atoms with Crippen molar-refractivity contribution in [1.82, 2.24) is 10.2 Å². The third-order valence-electron chi connectivity index (χ3n) is 3.23. The van der Waals surface area contributed by atoms with Gasteiger partial charge in [0.1, 0.15) is 11.2 Å². The Morgan fingerprint density at radius 2 is 1.93 bits per heavy atom. The number of likely N-dealkylation sites (N-methyl/N-ethyl adjacent to an activating group) is 1. The first-order chi connectivity index (χ1) is 13.2. The molecule has 1 aliphatic heterocycles. The number of nitrogens with two attached hydrogens (primary N) is 1. The van der Waals surface area contributed by atoms with E-state index in [2.05, 4.69) is 23.9 Å². The van der Waals surface area contributed by atoms with Crippen LogP contribution in [-0.4, -0.2) is 76.6 Å². The minimum Gasteiger partial charge on any atom is -0.405 e. The van der Waals surface area contributed by atoms with Crippen molar-refractivity contribution in [3.63, 3.8) is 0 Å². The lowest BCUT2D eigenvalue weighted by Gasteiger charge is -2.28. The first kappa shape index (κ1) is 28.6. The van der Waals surface area contributed by atoms with Gasteiger partial charge in [-0.2, -0.15) is 0 Å². The summed E-state index contributed by atoms with van der Waals surface area (Å²) in [6, 6.07) is 0. The van der Waals surface area contributed by atoms with E-state index in [1.165, 1.54) is 17.5 Å². The molecule has 0 radical (unpaired) electrons. The average molecular weight is 424 g/mol. The van der Waals surface area contributed by atoms with Crippen LogP contribution in [0.25, 0.3) is 0 Å². The SMILES string of the molecule is CCC.CNC(=S)/C(C)=C\N(C=O)C1CCC(C(O)(O)OC(=O)CN)O1.CO. The number of hydrogen-bond acceptors (Lipinski definition) is 9. The molecule has 0 aliphatic carbocycles. The summed E-state index contributed by atoms with van der Waals surface area (Å²) in [6.07, 6.45) is 1.84. The van der Waals surface area contributed by atoms with Crippen LogP contribution >= 0.6 is 12.2 Å². The zero-order chi connectivity index (χ0) is 22.3. The molecule has 0 aromatic rings. The highest BCUT2D eigenvalue weighted by Crippen LogP contribution is 2.29. The van der Waals surface area contributed by atoms with E-state index in [1.807, 2.05) is 0 Å². The van der Waals surface area contributed by atoms with Gasteiger partial charge in [0, 0.05) is 20.4 Å². The molecule has 1 saturated heterocycles. The fourth-order valence-corrected chi connectivity index (χ4v) is 2.10. The van der Waals surface area contributed by atoms with Gasteiger partial charge in [-0.15, -0.1) is 0 Å². The second-order valence-electron chi connectivity index (χ2n) is 5.64. The van der Waals surface area contributed by atoms with Gasteiger partial charge in [-0.05, 0) is 25.3 Å². The molecule has 1 heterocycles. The third-order valence-corrected chi connectivity index (χ3v) is 3.76. The van der Waals surface area contributed by atoms with Crippen LogP contribution in [-0.2, 0) is 19.1 Å². The number of aliphatic hydroxyl groups is 3. The topological polar surface area (TPSA) is 155 Å². The van der Waals surface area contributed by atoms with Gasteiger partial charge in [0.05, 0.1) is 6.54 Å². The molecule has 1 fully saturated rings. The smallest absolute Gasteiger partial charge is 0.352 e. The Labute approximate surface area is 171 Å². The molecular formula is C17H33N3O7S. The van der Waals surface area contributed by atoms with Gasteiger partial charge in [0.2, 0.25) is 6.41 Å². The quantitative estimate of drug-likeness (QED) is 0.120. The maximum Gasteiger partial charge on any atom is 0.352 e. The number of nitrogens with zero attached hydrogens (tertiary/aromatic N) is 1. The van der Waals surface area contributed by atoms with Gasteiger partial charge < -0.3 is 35.8 Å². The molecule has 2 unspecified atom stereocenters. The van der Waals surface area contributed by atoms with E-state index in [-0.39, 0.29) is 6.42 Å². The Morgan fingerprint density at radius 3 is 2.36 bits per heavy atom. The monoisotopic (exact) mass is 423 g/mol. The van der Waals surface area contributed by atoms with Gasteiger partial charge in [-0.25, -0.2) is 0 Å². The molecule has 0 spiro atoms. The van der Waals surface area contributed by atoms with Gasteiger partial charge in [-0.3, -0.25) is 14.5 Å². The molecule has 1 rings (SSSR count). The second-order valence-corrected chi connectivity index (χ2v) is 6.05. The van der Waals surface area contributed by atoms with Crippen molar-refractivity contribution in [3.8, 4) is 0 Å². The molecular weight excluding hydrogens is 390 g/mol. The van der Waals surface area contributed by atoms with Crippen molar-refractivity contribution in [1.29, 1.82) is 0 Å². The van der Waals surface area contributed by atoms with Gasteiger partial charge in [0.25, 0.3) is 0 Å². The summed E-state index contributed by atoms with van der Waals surface area (Å²) < 4.78 is 9.85. The summed E-state index contributed by atoms with van der Waals surface area (Å²) in [5.74, 6) is -3.79. The second kappa shape index (κ2) is 15.3. The molecule has 11 heteroatoms. The molecule has 10 nitrogen and oxygen atoms in total. The molecule has 6 N–H and O–H groups in total. The van der Waals surface area contributed by atoms with E-state index >= 15 is 0 Å². The Hall–Kier alpha value is -1.63. The first-order valence-corrected chi connectivity index (χ1v) is 9.17. The molecule has 2 atom stereocenters.